The molecular weight excluding hydrogens is 613 g/mol. The van der Waals surface area contributed by atoms with Gasteiger partial charge in [0.1, 0.15) is 10.5 Å². The molecule has 6 rings (SSSR count). The molecule has 2 aliphatic rings. The molecule has 0 amide bonds. The van der Waals surface area contributed by atoms with E-state index in [1.165, 1.54) is 42.7 Å². The van der Waals surface area contributed by atoms with Crippen molar-refractivity contribution in [2.75, 3.05) is 6.54 Å². The van der Waals surface area contributed by atoms with Crippen molar-refractivity contribution in [1.29, 1.82) is 0 Å². The zero-order chi connectivity index (χ0) is 32.7. The molecule has 4 aromatic rings. The van der Waals surface area contributed by atoms with Crippen molar-refractivity contribution in [3.63, 3.8) is 0 Å². The van der Waals surface area contributed by atoms with Crippen LogP contribution in [0, 0.1) is 26.2 Å². The molecule has 1 saturated carbocycles. The number of aliphatic carboxylic acids is 1. The third-order valence-electron chi connectivity index (χ3n) is 8.76. The minimum Gasteiger partial charge on any atom is -0.481 e. The molecule has 1 N–H and O–H groups in total. The lowest BCUT2D eigenvalue weighted by atomic mass is 9.70. The van der Waals surface area contributed by atoms with Crippen molar-refractivity contribution in [2.24, 2.45) is 5.41 Å². The lowest BCUT2D eigenvalue weighted by molar-refractivity contribution is -0.147. The Labute approximate surface area is 257 Å². The van der Waals surface area contributed by atoms with Crippen LogP contribution in [0.2, 0.25) is 0 Å². The van der Waals surface area contributed by atoms with Crippen molar-refractivity contribution in [3.05, 3.63) is 76.1 Å². The third kappa shape index (κ3) is 5.21. The summed E-state index contributed by atoms with van der Waals surface area (Å²) >= 11 is 0. The SMILES string of the molecule is Cc1cnc2c(c1)S(=O)(=O)N(Cc1cc([C@H](c3ccn4c(C(F)(F)F)nnc4c3C)C(C)(C)C(=O)O)cnc1C)CC1(CC1)O2. The molecule has 0 unspecified atom stereocenters. The van der Waals surface area contributed by atoms with E-state index in [9.17, 15) is 31.5 Å². The van der Waals surface area contributed by atoms with E-state index < -0.39 is 44.9 Å². The van der Waals surface area contributed by atoms with E-state index in [1.54, 1.807) is 33.0 Å². The lowest BCUT2D eigenvalue weighted by Crippen LogP contribution is -2.38. The highest BCUT2D eigenvalue weighted by atomic mass is 32.2. The number of hydrogen-bond acceptors (Lipinski definition) is 8. The van der Waals surface area contributed by atoms with E-state index in [4.69, 9.17) is 4.74 Å². The van der Waals surface area contributed by atoms with Gasteiger partial charge < -0.3 is 9.84 Å². The molecular formula is C30H31F3N6O5S. The summed E-state index contributed by atoms with van der Waals surface area (Å²) in [5.74, 6) is -3.16. The molecule has 4 aromatic heterocycles. The number of carboxylic acids is 1. The number of carboxylic acid groups (broad SMARTS) is 1. The van der Waals surface area contributed by atoms with E-state index >= 15 is 0 Å². The van der Waals surface area contributed by atoms with Crippen LogP contribution in [0.3, 0.4) is 0 Å². The van der Waals surface area contributed by atoms with Crippen molar-refractivity contribution < 1.29 is 36.2 Å². The van der Waals surface area contributed by atoms with Crippen molar-refractivity contribution in [1.82, 2.24) is 28.9 Å². The number of aryl methyl sites for hydroxylation is 3. The fraction of sp³-hybridized carbons (Fsp3) is 0.433. The fourth-order valence-electron chi connectivity index (χ4n) is 5.93. The molecule has 1 aliphatic heterocycles. The number of ether oxygens (including phenoxy) is 1. The molecule has 15 heteroatoms. The highest BCUT2D eigenvalue weighted by Gasteiger charge is 2.52. The molecule has 1 fully saturated rings. The fourth-order valence-corrected chi connectivity index (χ4v) is 7.57. The van der Waals surface area contributed by atoms with E-state index in [0.29, 0.717) is 46.4 Å². The number of alkyl halides is 3. The average Bonchev–Trinajstić information content (AvgIpc) is 3.56. The van der Waals surface area contributed by atoms with Gasteiger partial charge in [0.15, 0.2) is 5.65 Å². The number of aromatic nitrogens is 5. The van der Waals surface area contributed by atoms with Crippen LogP contribution in [0.4, 0.5) is 13.2 Å². The quantitative estimate of drug-likeness (QED) is 0.313. The zero-order valence-electron chi connectivity index (χ0n) is 25.2. The molecule has 1 atom stereocenters. The predicted molar refractivity (Wildman–Crippen MR) is 154 cm³/mol. The number of fused-ring (bicyclic) bond motifs is 2. The Hall–Kier alpha value is -4.11. The van der Waals surface area contributed by atoms with Crippen LogP contribution in [0.1, 0.15) is 71.9 Å². The van der Waals surface area contributed by atoms with Crippen LogP contribution < -0.4 is 4.74 Å². The number of hydrogen-bond donors (Lipinski definition) is 1. The maximum Gasteiger partial charge on any atom is 0.452 e. The summed E-state index contributed by atoms with van der Waals surface area (Å²) in [5.41, 5.74) is 0.738. The highest BCUT2D eigenvalue weighted by molar-refractivity contribution is 7.89. The number of halogens is 3. The van der Waals surface area contributed by atoms with Gasteiger partial charge >= 0.3 is 12.1 Å². The number of sulfonamides is 1. The Morgan fingerprint density at radius 3 is 2.47 bits per heavy atom. The van der Waals surface area contributed by atoms with Gasteiger partial charge in [-0.1, -0.05) is 6.07 Å². The molecule has 0 saturated heterocycles. The Balaban J connectivity index is 1.46. The minimum absolute atomic E-state index is 0.0200. The maximum absolute atomic E-state index is 14.0. The molecule has 1 spiro atoms. The second-order valence-electron chi connectivity index (χ2n) is 12.5. The molecule has 1 aliphatic carbocycles. The molecule has 0 aromatic carbocycles. The Bertz CT molecular complexity index is 1970. The van der Waals surface area contributed by atoms with Crippen molar-refractivity contribution in [2.45, 2.75) is 76.6 Å². The molecule has 11 nitrogen and oxygen atoms in total. The van der Waals surface area contributed by atoms with Gasteiger partial charge in [-0.15, -0.1) is 10.2 Å². The second-order valence-corrected chi connectivity index (χ2v) is 14.4. The predicted octanol–water partition coefficient (Wildman–Crippen LogP) is 4.82. The van der Waals surface area contributed by atoms with E-state index in [0.717, 1.165) is 4.40 Å². The van der Waals surface area contributed by atoms with Gasteiger partial charge in [-0.3, -0.25) is 14.2 Å². The standard InChI is InChI=1S/C30H31F3N6O5S/c1-16-10-22-25(35-12-16)44-29(7-8-29)15-38(45(22,42)43)14-20-11-19(13-34-18(20)3)23(28(4,5)27(40)41)21-6-9-39-24(17(21)2)36-37-26(39)30(31,32)33/h6,9-13,23H,7-8,14-15H2,1-5H3,(H,40,41)/t23-/m1/s1. The van der Waals surface area contributed by atoms with Crippen molar-refractivity contribution >= 4 is 21.6 Å². The van der Waals surface area contributed by atoms with Gasteiger partial charge in [0.2, 0.25) is 21.7 Å². The lowest BCUT2D eigenvalue weighted by Gasteiger charge is -2.33. The number of pyridine rings is 3. The van der Waals surface area contributed by atoms with Crippen molar-refractivity contribution in [3.8, 4) is 5.88 Å². The Morgan fingerprint density at radius 2 is 1.82 bits per heavy atom. The largest absolute Gasteiger partial charge is 0.481 e. The monoisotopic (exact) mass is 644 g/mol. The van der Waals surface area contributed by atoms with E-state index in [-0.39, 0.29) is 29.5 Å². The zero-order valence-corrected chi connectivity index (χ0v) is 26.0. The summed E-state index contributed by atoms with van der Waals surface area (Å²) in [6, 6.07) is 4.70. The molecule has 0 radical (unpaired) electrons. The molecule has 0 bridgehead atoms. The van der Waals surface area contributed by atoms with Gasteiger partial charge in [-0.25, -0.2) is 13.4 Å². The van der Waals surface area contributed by atoms with Gasteiger partial charge in [-0.2, -0.15) is 17.5 Å². The maximum atomic E-state index is 14.0. The number of carbonyl (C=O) groups is 1. The molecule has 5 heterocycles. The van der Waals surface area contributed by atoms with Crippen LogP contribution in [0.5, 0.6) is 5.88 Å². The first-order valence-electron chi connectivity index (χ1n) is 14.2. The summed E-state index contributed by atoms with van der Waals surface area (Å²) in [4.78, 5) is 21.4. The van der Waals surface area contributed by atoms with Gasteiger partial charge in [0, 0.05) is 36.7 Å². The summed E-state index contributed by atoms with van der Waals surface area (Å²) < 4.78 is 76.8. The van der Waals surface area contributed by atoms with Crippen LogP contribution >= 0.6 is 0 Å². The normalized spacial score (nSPS) is 18.3. The smallest absolute Gasteiger partial charge is 0.452 e. The van der Waals surface area contributed by atoms with Crippen LogP contribution in [0.25, 0.3) is 5.65 Å². The minimum atomic E-state index is -4.74. The summed E-state index contributed by atoms with van der Waals surface area (Å²) in [5, 5.41) is 17.4. The first-order chi connectivity index (χ1) is 20.9. The van der Waals surface area contributed by atoms with Crippen LogP contribution in [0.15, 0.2) is 41.7 Å². The van der Waals surface area contributed by atoms with E-state index in [2.05, 4.69) is 20.2 Å². The first-order valence-corrected chi connectivity index (χ1v) is 15.6. The van der Waals surface area contributed by atoms with Gasteiger partial charge in [0.05, 0.1) is 12.0 Å². The Morgan fingerprint density at radius 1 is 1.11 bits per heavy atom. The molecule has 45 heavy (non-hydrogen) atoms. The van der Waals surface area contributed by atoms with Gasteiger partial charge in [-0.05, 0) is 87.4 Å². The van der Waals surface area contributed by atoms with Crippen LogP contribution in [-0.4, -0.2) is 60.5 Å². The summed E-state index contributed by atoms with van der Waals surface area (Å²) in [6.45, 7) is 8.13. The first kappa shape index (κ1) is 30.9. The topological polar surface area (TPSA) is 140 Å². The molecule has 238 valence electrons. The van der Waals surface area contributed by atoms with Crippen LogP contribution in [-0.2, 0) is 27.5 Å². The highest BCUT2D eigenvalue weighted by Crippen LogP contribution is 2.47. The summed E-state index contributed by atoms with van der Waals surface area (Å²) in [6.07, 6.45) is 0.857. The summed E-state index contributed by atoms with van der Waals surface area (Å²) in [7, 11) is -4.04. The second kappa shape index (κ2) is 10.2. The number of nitrogens with zero attached hydrogens (tertiary/aromatic N) is 6. The van der Waals surface area contributed by atoms with Gasteiger partial charge in [0.25, 0.3) is 0 Å². The third-order valence-corrected chi connectivity index (χ3v) is 10.5. The van der Waals surface area contributed by atoms with E-state index in [1.807, 2.05) is 0 Å². The number of rotatable bonds is 6. The average molecular weight is 645 g/mol. The Kier molecular flexibility index (Phi) is 7.01.